The maximum atomic E-state index is 11.5. The molecule has 0 saturated heterocycles. The number of nitrogens with one attached hydrogen (secondary N) is 1. The lowest BCUT2D eigenvalue weighted by atomic mass is 10.1. The van der Waals surface area contributed by atoms with Gasteiger partial charge in [0.15, 0.2) is 0 Å². The summed E-state index contributed by atoms with van der Waals surface area (Å²) in [5.74, 6) is -0.641. The number of amides is 1. The van der Waals surface area contributed by atoms with Crippen LogP contribution in [0.1, 0.15) is 15.9 Å². The fourth-order valence-electron chi connectivity index (χ4n) is 1.76. The van der Waals surface area contributed by atoms with Gasteiger partial charge in [-0.2, -0.15) is 5.26 Å². The summed E-state index contributed by atoms with van der Waals surface area (Å²) in [6.07, 6.45) is 0. The van der Waals surface area contributed by atoms with Crippen molar-refractivity contribution in [3.8, 4) is 6.07 Å². The van der Waals surface area contributed by atoms with E-state index in [1.165, 1.54) is 12.1 Å². The molecule has 0 bridgehead atoms. The highest BCUT2D eigenvalue weighted by molar-refractivity contribution is 6.34. The Labute approximate surface area is 120 Å². The second kappa shape index (κ2) is 5.51. The number of hydrogen-bond donors (Lipinski definition) is 3. The molecule has 0 atom stereocenters. The van der Waals surface area contributed by atoms with Crippen molar-refractivity contribution in [3.63, 3.8) is 0 Å². The molecule has 0 aromatic heterocycles. The van der Waals surface area contributed by atoms with Crippen LogP contribution in [0.5, 0.6) is 0 Å². The van der Waals surface area contributed by atoms with Gasteiger partial charge in [0.25, 0.3) is 5.91 Å². The lowest BCUT2D eigenvalue weighted by Crippen LogP contribution is -2.14. The lowest BCUT2D eigenvalue weighted by Gasteiger charge is -2.13. The van der Waals surface area contributed by atoms with Gasteiger partial charge in [0, 0.05) is 11.4 Å². The zero-order chi connectivity index (χ0) is 14.7. The van der Waals surface area contributed by atoms with Gasteiger partial charge in [-0.15, -0.1) is 0 Å². The Hall–Kier alpha value is -2.71. The maximum Gasteiger partial charge on any atom is 0.250 e. The third-order valence-corrected chi connectivity index (χ3v) is 2.94. The average molecular weight is 287 g/mol. The molecule has 0 heterocycles. The van der Waals surface area contributed by atoms with Crippen molar-refractivity contribution in [1.29, 1.82) is 5.26 Å². The number of carbonyl (C=O) groups excluding carboxylic acids is 1. The van der Waals surface area contributed by atoms with Gasteiger partial charge in [0.2, 0.25) is 0 Å². The number of benzene rings is 2. The average Bonchev–Trinajstić information content (AvgIpc) is 2.41. The molecule has 0 aliphatic heterocycles. The Morgan fingerprint density at radius 1 is 1.30 bits per heavy atom. The van der Waals surface area contributed by atoms with Gasteiger partial charge < -0.3 is 16.8 Å². The van der Waals surface area contributed by atoms with Gasteiger partial charge in [-0.05, 0) is 30.3 Å². The Bertz CT molecular complexity index is 722. The summed E-state index contributed by atoms with van der Waals surface area (Å²) in [5.41, 5.74) is 13.0. The van der Waals surface area contributed by atoms with E-state index in [1.807, 2.05) is 6.07 Å². The molecule has 2 rings (SSSR count). The van der Waals surface area contributed by atoms with Gasteiger partial charge in [-0.3, -0.25) is 4.79 Å². The summed E-state index contributed by atoms with van der Waals surface area (Å²) in [6, 6.07) is 11.8. The fraction of sp³-hybridized carbons (Fsp3) is 0. The van der Waals surface area contributed by atoms with Crippen LogP contribution < -0.4 is 16.8 Å². The Morgan fingerprint density at radius 3 is 2.70 bits per heavy atom. The van der Waals surface area contributed by atoms with Crippen molar-refractivity contribution < 1.29 is 4.79 Å². The van der Waals surface area contributed by atoms with Crippen molar-refractivity contribution >= 4 is 34.6 Å². The van der Waals surface area contributed by atoms with Crippen LogP contribution in [0, 0.1) is 11.3 Å². The van der Waals surface area contributed by atoms with E-state index in [1.54, 1.807) is 24.3 Å². The normalized spacial score (nSPS) is 9.80. The molecule has 0 aliphatic rings. The van der Waals surface area contributed by atoms with Crippen LogP contribution in [0.2, 0.25) is 5.02 Å². The number of carbonyl (C=O) groups is 1. The number of hydrogen-bond acceptors (Lipinski definition) is 4. The first-order chi connectivity index (χ1) is 9.51. The van der Waals surface area contributed by atoms with Crippen LogP contribution in [-0.4, -0.2) is 5.91 Å². The minimum Gasteiger partial charge on any atom is -0.399 e. The third-order valence-electron chi connectivity index (χ3n) is 2.64. The number of anilines is 3. The number of nitrogens with zero attached hydrogens (tertiary/aromatic N) is 1. The third kappa shape index (κ3) is 2.82. The van der Waals surface area contributed by atoms with Crippen molar-refractivity contribution in [2.45, 2.75) is 0 Å². The number of primary amides is 1. The standard InChI is InChI=1S/C14H11ClN4O/c15-12-6-9(17)5-11(14(18)20)13(12)19-10-3-1-2-8(4-10)7-16/h1-6,19H,17H2,(H2,18,20). The summed E-state index contributed by atoms with van der Waals surface area (Å²) in [7, 11) is 0. The molecule has 0 saturated carbocycles. The van der Waals surface area contributed by atoms with Crippen LogP contribution >= 0.6 is 11.6 Å². The smallest absolute Gasteiger partial charge is 0.250 e. The zero-order valence-corrected chi connectivity index (χ0v) is 11.1. The monoisotopic (exact) mass is 286 g/mol. The molecule has 0 fully saturated rings. The minimum atomic E-state index is -0.641. The van der Waals surface area contributed by atoms with Crippen LogP contribution in [0.15, 0.2) is 36.4 Å². The summed E-state index contributed by atoms with van der Waals surface area (Å²) >= 11 is 6.09. The first-order valence-electron chi connectivity index (χ1n) is 5.67. The molecule has 2 aromatic carbocycles. The van der Waals surface area contributed by atoms with E-state index in [0.717, 1.165) is 0 Å². The van der Waals surface area contributed by atoms with Crippen LogP contribution in [0.3, 0.4) is 0 Å². The first kappa shape index (κ1) is 13.7. The molecular weight excluding hydrogens is 276 g/mol. The first-order valence-corrected chi connectivity index (χ1v) is 6.05. The molecule has 0 aliphatic carbocycles. The topological polar surface area (TPSA) is 105 Å². The second-order valence-electron chi connectivity index (χ2n) is 4.11. The lowest BCUT2D eigenvalue weighted by molar-refractivity contribution is 0.100. The maximum absolute atomic E-state index is 11.5. The number of nitrogen functional groups attached to an aromatic ring is 1. The Morgan fingerprint density at radius 2 is 2.05 bits per heavy atom. The van der Waals surface area contributed by atoms with E-state index in [2.05, 4.69) is 5.32 Å². The molecule has 6 heteroatoms. The van der Waals surface area contributed by atoms with Gasteiger partial charge in [-0.25, -0.2) is 0 Å². The van der Waals surface area contributed by atoms with E-state index in [-0.39, 0.29) is 10.6 Å². The van der Waals surface area contributed by atoms with E-state index in [4.69, 9.17) is 28.3 Å². The highest BCUT2D eigenvalue weighted by Gasteiger charge is 2.13. The van der Waals surface area contributed by atoms with Crippen molar-refractivity contribution in [2.24, 2.45) is 5.73 Å². The van der Waals surface area contributed by atoms with Gasteiger partial charge in [0.1, 0.15) is 0 Å². The van der Waals surface area contributed by atoms with Gasteiger partial charge in [0.05, 0.1) is 27.9 Å². The molecule has 2 aromatic rings. The van der Waals surface area contributed by atoms with Gasteiger partial charge >= 0.3 is 0 Å². The predicted molar refractivity (Wildman–Crippen MR) is 78.8 cm³/mol. The summed E-state index contributed by atoms with van der Waals surface area (Å²) < 4.78 is 0. The molecule has 20 heavy (non-hydrogen) atoms. The zero-order valence-electron chi connectivity index (χ0n) is 10.4. The van der Waals surface area contributed by atoms with E-state index in [9.17, 15) is 4.79 Å². The molecule has 5 nitrogen and oxygen atoms in total. The number of rotatable bonds is 3. The van der Waals surface area contributed by atoms with Crippen molar-refractivity contribution in [2.75, 3.05) is 11.1 Å². The number of nitriles is 1. The quantitative estimate of drug-likeness (QED) is 0.754. The van der Waals surface area contributed by atoms with Crippen molar-refractivity contribution in [1.82, 2.24) is 0 Å². The van der Waals surface area contributed by atoms with Crippen LogP contribution in [0.25, 0.3) is 0 Å². The second-order valence-corrected chi connectivity index (χ2v) is 4.51. The van der Waals surface area contributed by atoms with E-state index >= 15 is 0 Å². The van der Waals surface area contributed by atoms with Crippen molar-refractivity contribution in [3.05, 3.63) is 52.5 Å². The summed E-state index contributed by atoms with van der Waals surface area (Å²) in [4.78, 5) is 11.5. The molecule has 5 N–H and O–H groups in total. The number of halogens is 1. The molecular formula is C14H11ClN4O. The molecule has 0 spiro atoms. The highest BCUT2D eigenvalue weighted by Crippen LogP contribution is 2.31. The molecule has 1 amide bonds. The van der Waals surface area contributed by atoms with E-state index < -0.39 is 5.91 Å². The minimum absolute atomic E-state index is 0.192. The number of nitrogens with two attached hydrogens (primary N) is 2. The van der Waals surface area contributed by atoms with E-state index in [0.29, 0.717) is 22.6 Å². The molecule has 0 radical (unpaired) electrons. The molecule has 100 valence electrons. The van der Waals surface area contributed by atoms with Gasteiger partial charge in [-0.1, -0.05) is 17.7 Å². The fourth-order valence-corrected chi connectivity index (χ4v) is 2.03. The van der Waals surface area contributed by atoms with Crippen LogP contribution in [-0.2, 0) is 0 Å². The summed E-state index contributed by atoms with van der Waals surface area (Å²) in [6.45, 7) is 0. The Kier molecular flexibility index (Phi) is 3.78. The highest BCUT2D eigenvalue weighted by atomic mass is 35.5. The SMILES string of the molecule is N#Cc1cccc(Nc2c(Cl)cc(N)cc2C(N)=O)c1. The largest absolute Gasteiger partial charge is 0.399 e. The Balaban J connectivity index is 2.48. The molecule has 0 unspecified atom stereocenters. The summed E-state index contributed by atoms with van der Waals surface area (Å²) in [5, 5.41) is 12.1. The van der Waals surface area contributed by atoms with Crippen LogP contribution in [0.4, 0.5) is 17.1 Å². The predicted octanol–water partition coefficient (Wildman–Crippen LogP) is 2.64.